The van der Waals surface area contributed by atoms with Gasteiger partial charge in [-0.1, -0.05) is 36.0 Å². The highest BCUT2D eigenvalue weighted by Crippen LogP contribution is 2.32. The normalized spacial score (nSPS) is 18.6. The molecule has 3 rings (SSSR count). The van der Waals surface area contributed by atoms with Gasteiger partial charge in [0.1, 0.15) is 0 Å². The number of thioether (sulfide) groups is 1. The number of aromatic nitrogens is 1. The van der Waals surface area contributed by atoms with Gasteiger partial charge in [0.2, 0.25) is 11.8 Å². The van der Waals surface area contributed by atoms with E-state index in [-0.39, 0.29) is 18.2 Å². The number of anilines is 1. The van der Waals surface area contributed by atoms with Crippen molar-refractivity contribution < 1.29 is 9.59 Å². The minimum Gasteiger partial charge on any atom is -0.274 e. The van der Waals surface area contributed by atoms with Crippen LogP contribution in [0.2, 0.25) is 0 Å². The highest BCUT2D eigenvalue weighted by Gasteiger charge is 2.40. The Morgan fingerprint density at radius 3 is 2.50 bits per heavy atom. The molecule has 0 aliphatic carbocycles. The molecule has 2 heterocycles. The summed E-state index contributed by atoms with van der Waals surface area (Å²) in [6, 6.07) is 14.5. The highest BCUT2D eigenvalue weighted by molar-refractivity contribution is 8.00. The second-order valence-corrected chi connectivity index (χ2v) is 5.60. The molecule has 1 saturated heterocycles. The number of nitrogens with zero attached hydrogens (tertiary/aromatic N) is 2. The van der Waals surface area contributed by atoms with Crippen LogP contribution in [-0.2, 0) is 9.59 Å². The van der Waals surface area contributed by atoms with Crippen LogP contribution in [0.4, 0.5) is 5.69 Å². The molecule has 4 nitrogen and oxygen atoms in total. The third-order valence-electron chi connectivity index (χ3n) is 3.02. The fraction of sp³-hybridized carbons (Fsp3) is 0.133. The predicted molar refractivity (Wildman–Crippen MR) is 77.4 cm³/mol. The van der Waals surface area contributed by atoms with Gasteiger partial charge >= 0.3 is 0 Å². The molecule has 20 heavy (non-hydrogen) atoms. The molecular formula is C15H12N2O2S. The summed E-state index contributed by atoms with van der Waals surface area (Å²) in [6.07, 6.45) is 1.90. The number of benzene rings is 1. The molecule has 1 aliphatic rings. The van der Waals surface area contributed by atoms with Gasteiger partial charge in [-0.05, 0) is 24.3 Å². The number of imide groups is 1. The Bertz CT molecular complexity index is 631. The zero-order valence-corrected chi connectivity index (χ0v) is 11.4. The second-order valence-electron chi connectivity index (χ2n) is 4.38. The Morgan fingerprint density at radius 1 is 1.05 bits per heavy atom. The molecule has 1 aromatic heterocycles. The number of hydrogen-bond acceptors (Lipinski definition) is 4. The summed E-state index contributed by atoms with van der Waals surface area (Å²) in [5, 5.41) is 0.367. The second kappa shape index (κ2) is 5.46. The van der Waals surface area contributed by atoms with Crippen LogP contribution in [0.15, 0.2) is 59.8 Å². The first kappa shape index (κ1) is 12.9. The molecule has 0 bridgehead atoms. The van der Waals surface area contributed by atoms with Crippen molar-refractivity contribution in [2.24, 2.45) is 0 Å². The maximum absolute atomic E-state index is 12.4. The third-order valence-corrected chi connectivity index (χ3v) is 4.16. The molecule has 0 spiro atoms. The van der Waals surface area contributed by atoms with Crippen LogP contribution in [0.5, 0.6) is 0 Å². The van der Waals surface area contributed by atoms with Crippen molar-refractivity contribution in [3.8, 4) is 0 Å². The number of carbonyl (C=O) groups is 2. The van der Waals surface area contributed by atoms with Crippen molar-refractivity contribution in [1.29, 1.82) is 0 Å². The molecule has 0 radical (unpaired) electrons. The summed E-state index contributed by atoms with van der Waals surface area (Å²) >= 11 is 1.34. The molecule has 1 fully saturated rings. The molecular weight excluding hydrogens is 272 g/mol. The van der Waals surface area contributed by atoms with E-state index in [0.717, 1.165) is 5.03 Å². The van der Waals surface area contributed by atoms with Gasteiger partial charge in [-0.3, -0.25) is 9.59 Å². The van der Waals surface area contributed by atoms with Crippen LogP contribution in [0, 0.1) is 0 Å². The molecule has 100 valence electrons. The highest BCUT2D eigenvalue weighted by atomic mass is 32.2. The molecule has 0 saturated carbocycles. The summed E-state index contributed by atoms with van der Waals surface area (Å²) in [6.45, 7) is 0. The Kier molecular flexibility index (Phi) is 3.52. The average molecular weight is 284 g/mol. The van der Waals surface area contributed by atoms with E-state index in [2.05, 4.69) is 4.98 Å². The van der Waals surface area contributed by atoms with Gasteiger partial charge in [-0.25, -0.2) is 9.88 Å². The summed E-state index contributed by atoms with van der Waals surface area (Å²) < 4.78 is 0. The Morgan fingerprint density at radius 2 is 1.80 bits per heavy atom. The number of amides is 2. The third kappa shape index (κ3) is 2.44. The maximum Gasteiger partial charge on any atom is 0.247 e. The van der Waals surface area contributed by atoms with Gasteiger partial charge in [-0.2, -0.15) is 0 Å². The summed E-state index contributed by atoms with van der Waals surface area (Å²) in [5.41, 5.74) is 0.631. The molecule has 1 aromatic carbocycles. The summed E-state index contributed by atoms with van der Waals surface area (Å²) in [7, 11) is 0. The Labute approximate surface area is 120 Å². The molecule has 1 unspecified atom stereocenters. The number of carbonyl (C=O) groups excluding carboxylic acids is 2. The van der Waals surface area contributed by atoms with Gasteiger partial charge in [0.25, 0.3) is 0 Å². The lowest BCUT2D eigenvalue weighted by Gasteiger charge is -2.14. The lowest BCUT2D eigenvalue weighted by Crippen LogP contribution is -2.31. The zero-order valence-electron chi connectivity index (χ0n) is 10.6. The number of para-hydroxylation sites is 1. The lowest BCUT2D eigenvalue weighted by atomic mass is 10.3. The summed E-state index contributed by atoms with van der Waals surface area (Å²) in [4.78, 5) is 29.9. The maximum atomic E-state index is 12.4. The van der Waals surface area contributed by atoms with Crippen molar-refractivity contribution in [3.05, 3.63) is 54.7 Å². The minimum atomic E-state index is -0.391. The van der Waals surface area contributed by atoms with E-state index in [1.807, 2.05) is 36.4 Å². The van der Waals surface area contributed by atoms with E-state index in [1.165, 1.54) is 16.7 Å². The minimum absolute atomic E-state index is 0.158. The Hall–Kier alpha value is -2.14. The van der Waals surface area contributed by atoms with E-state index in [1.54, 1.807) is 18.3 Å². The first-order chi connectivity index (χ1) is 9.75. The van der Waals surface area contributed by atoms with Crippen molar-refractivity contribution in [1.82, 2.24) is 4.98 Å². The van der Waals surface area contributed by atoms with Gasteiger partial charge < -0.3 is 0 Å². The number of pyridine rings is 1. The lowest BCUT2D eigenvalue weighted by molar-refractivity contribution is -0.121. The smallest absolute Gasteiger partial charge is 0.247 e. The average Bonchev–Trinajstić information content (AvgIpc) is 2.75. The van der Waals surface area contributed by atoms with Crippen molar-refractivity contribution in [3.63, 3.8) is 0 Å². The van der Waals surface area contributed by atoms with Crippen LogP contribution < -0.4 is 4.90 Å². The van der Waals surface area contributed by atoms with E-state index < -0.39 is 5.25 Å². The predicted octanol–water partition coefficient (Wildman–Crippen LogP) is 2.51. The van der Waals surface area contributed by atoms with E-state index >= 15 is 0 Å². The van der Waals surface area contributed by atoms with Crippen molar-refractivity contribution >= 4 is 29.3 Å². The van der Waals surface area contributed by atoms with Crippen LogP contribution in [0.1, 0.15) is 6.42 Å². The zero-order chi connectivity index (χ0) is 13.9. The van der Waals surface area contributed by atoms with Gasteiger partial charge in [-0.15, -0.1) is 0 Å². The van der Waals surface area contributed by atoms with Gasteiger partial charge in [0, 0.05) is 12.6 Å². The van der Waals surface area contributed by atoms with Crippen LogP contribution in [0.3, 0.4) is 0 Å². The summed E-state index contributed by atoms with van der Waals surface area (Å²) in [5.74, 6) is -0.327. The van der Waals surface area contributed by atoms with Crippen LogP contribution in [-0.4, -0.2) is 22.0 Å². The van der Waals surface area contributed by atoms with Crippen LogP contribution in [0.25, 0.3) is 0 Å². The SMILES string of the molecule is O=C1CC(Sc2ccccn2)C(=O)N1c1ccccc1. The van der Waals surface area contributed by atoms with Crippen molar-refractivity contribution in [2.45, 2.75) is 16.7 Å². The van der Waals surface area contributed by atoms with Gasteiger partial charge in [0.05, 0.1) is 16.0 Å². The van der Waals surface area contributed by atoms with E-state index in [9.17, 15) is 9.59 Å². The molecule has 1 aliphatic heterocycles. The first-order valence-electron chi connectivity index (χ1n) is 6.25. The van der Waals surface area contributed by atoms with E-state index in [4.69, 9.17) is 0 Å². The molecule has 2 aromatic rings. The molecule has 2 amide bonds. The fourth-order valence-electron chi connectivity index (χ4n) is 2.11. The fourth-order valence-corrected chi connectivity index (χ4v) is 3.11. The Balaban J connectivity index is 1.81. The topological polar surface area (TPSA) is 50.3 Å². The van der Waals surface area contributed by atoms with E-state index in [0.29, 0.717) is 5.69 Å². The molecule has 0 N–H and O–H groups in total. The van der Waals surface area contributed by atoms with Crippen molar-refractivity contribution in [2.75, 3.05) is 4.90 Å². The molecule has 1 atom stereocenters. The number of hydrogen-bond donors (Lipinski definition) is 0. The molecule has 5 heteroatoms. The van der Waals surface area contributed by atoms with Crippen LogP contribution >= 0.6 is 11.8 Å². The first-order valence-corrected chi connectivity index (χ1v) is 7.13. The largest absolute Gasteiger partial charge is 0.274 e. The standard InChI is InChI=1S/C15H12N2O2S/c18-14-10-12(20-13-8-4-5-9-16-13)15(19)17(14)11-6-2-1-3-7-11/h1-9,12H,10H2. The monoisotopic (exact) mass is 284 g/mol. The number of rotatable bonds is 3. The quantitative estimate of drug-likeness (QED) is 0.813. The van der Waals surface area contributed by atoms with Gasteiger partial charge in [0.15, 0.2) is 0 Å².